The van der Waals surface area contributed by atoms with Gasteiger partial charge in [0, 0.05) is 25.2 Å². The van der Waals surface area contributed by atoms with Crippen molar-refractivity contribution in [1.29, 1.82) is 0 Å². The fourth-order valence-electron chi connectivity index (χ4n) is 4.37. The van der Waals surface area contributed by atoms with Gasteiger partial charge in [0.25, 0.3) is 0 Å². The van der Waals surface area contributed by atoms with Gasteiger partial charge in [0.1, 0.15) is 5.75 Å². The molecule has 2 aliphatic heterocycles. The Morgan fingerprint density at radius 1 is 1.13 bits per heavy atom. The highest BCUT2D eigenvalue weighted by Gasteiger charge is 2.50. The lowest BCUT2D eigenvalue weighted by atomic mass is 9.84. The molecule has 3 unspecified atom stereocenters. The van der Waals surface area contributed by atoms with Crippen molar-refractivity contribution in [3.05, 3.63) is 60.2 Å². The molecule has 2 aromatic rings. The third-order valence-electron chi connectivity index (χ3n) is 6.04. The molecule has 158 valence electrons. The van der Waals surface area contributed by atoms with Crippen LogP contribution in [0.4, 0.5) is 5.69 Å². The van der Waals surface area contributed by atoms with Crippen molar-refractivity contribution in [2.45, 2.75) is 19.5 Å². The molecule has 0 radical (unpaired) electrons. The van der Waals surface area contributed by atoms with Gasteiger partial charge >= 0.3 is 0 Å². The number of rotatable bonds is 6. The van der Waals surface area contributed by atoms with Crippen LogP contribution in [-0.2, 0) is 16.1 Å². The number of methoxy groups -OCH3 is 1. The summed E-state index contributed by atoms with van der Waals surface area (Å²) in [5.74, 6) is 0.145. The molecule has 2 aliphatic rings. The zero-order chi connectivity index (χ0) is 21.1. The Hall–Kier alpha value is -2.90. The molecular weight excluding hydrogens is 380 g/mol. The summed E-state index contributed by atoms with van der Waals surface area (Å²) in [6.07, 6.45) is 0. The van der Waals surface area contributed by atoms with Crippen molar-refractivity contribution in [3.63, 3.8) is 0 Å². The molecule has 0 aliphatic carbocycles. The lowest BCUT2D eigenvalue weighted by Gasteiger charge is -2.37. The van der Waals surface area contributed by atoms with E-state index in [9.17, 15) is 9.59 Å². The highest BCUT2D eigenvalue weighted by molar-refractivity contribution is 5.98. The maximum Gasteiger partial charge on any atom is 0.247 e. The van der Waals surface area contributed by atoms with E-state index in [2.05, 4.69) is 22.6 Å². The molecule has 4 rings (SSSR count). The topological polar surface area (TPSA) is 73.9 Å². The van der Waals surface area contributed by atoms with E-state index in [0.29, 0.717) is 19.6 Å². The fraction of sp³-hybridized carbons (Fsp3) is 0.391. The van der Waals surface area contributed by atoms with Gasteiger partial charge in [-0.2, -0.15) is 0 Å². The summed E-state index contributed by atoms with van der Waals surface area (Å²) in [6, 6.07) is 17.0. The highest BCUT2D eigenvalue weighted by Crippen LogP contribution is 2.32. The summed E-state index contributed by atoms with van der Waals surface area (Å²) in [7, 11) is 1.62. The fourth-order valence-corrected chi connectivity index (χ4v) is 4.37. The monoisotopic (exact) mass is 408 g/mol. The lowest BCUT2D eigenvalue weighted by Crippen LogP contribution is -2.56. The van der Waals surface area contributed by atoms with Gasteiger partial charge in [0.05, 0.1) is 30.7 Å². The van der Waals surface area contributed by atoms with Crippen LogP contribution in [-0.4, -0.2) is 49.5 Å². The van der Waals surface area contributed by atoms with Gasteiger partial charge in [0.15, 0.2) is 0 Å². The molecule has 2 aromatic carbocycles. The number of carbonyl (C=O) groups excluding carboxylic acids is 2. The first-order valence-corrected chi connectivity index (χ1v) is 10.4. The molecule has 2 fully saturated rings. The van der Waals surface area contributed by atoms with Crippen molar-refractivity contribution >= 4 is 17.5 Å². The molecule has 3 atom stereocenters. The van der Waals surface area contributed by atoms with Gasteiger partial charge in [-0.15, -0.1) is 0 Å². The highest BCUT2D eigenvalue weighted by atomic mass is 16.5. The second-order valence-corrected chi connectivity index (χ2v) is 7.76. The zero-order valence-electron chi connectivity index (χ0n) is 17.4. The predicted octanol–water partition coefficient (Wildman–Crippen LogP) is 1.80. The number of hydrogen-bond acceptors (Lipinski definition) is 5. The standard InChI is InChI=1S/C23H28N4O3/c1-3-26-14-18(22(28)24-13-16-9-7-8-12-20(16)30-2)21-19(15-26)23(29)27(25-21)17-10-5-4-6-11-17/h4-12,18-19,21,25H,3,13-15H2,1-2H3,(H,24,28). The van der Waals surface area contributed by atoms with Gasteiger partial charge in [-0.05, 0) is 24.7 Å². The van der Waals surface area contributed by atoms with Gasteiger partial charge in [-0.25, -0.2) is 10.4 Å². The second kappa shape index (κ2) is 8.85. The van der Waals surface area contributed by atoms with Crippen LogP contribution in [0.3, 0.4) is 0 Å². The molecule has 2 N–H and O–H groups in total. The first kappa shape index (κ1) is 20.4. The largest absolute Gasteiger partial charge is 0.496 e. The van der Waals surface area contributed by atoms with Crippen molar-refractivity contribution in [2.24, 2.45) is 11.8 Å². The third kappa shape index (κ3) is 3.91. The van der Waals surface area contributed by atoms with E-state index < -0.39 is 0 Å². The number of ether oxygens (including phenoxy) is 1. The van der Waals surface area contributed by atoms with Crippen LogP contribution < -0.4 is 20.5 Å². The minimum atomic E-state index is -0.323. The number of nitrogens with zero attached hydrogens (tertiary/aromatic N) is 2. The average Bonchev–Trinajstić information content (AvgIpc) is 3.13. The summed E-state index contributed by atoms with van der Waals surface area (Å²) in [5, 5.41) is 4.66. The zero-order valence-corrected chi connectivity index (χ0v) is 17.4. The molecule has 0 saturated carbocycles. The SMILES string of the molecule is CCN1CC(C(=O)NCc2ccccc2OC)C2NN(c3ccccc3)C(=O)C2C1. The molecule has 2 heterocycles. The van der Waals surface area contributed by atoms with Crippen LogP contribution in [0.5, 0.6) is 5.75 Å². The summed E-state index contributed by atoms with van der Waals surface area (Å²) in [5.41, 5.74) is 5.05. The van der Waals surface area contributed by atoms with Gasteiger partial charge in [-0.3, -0.25) is 9.59 Å². The van der Waals surface area contributed by atoms with E-state index in [1.54, 1.807) is 12.1 Å². The summed E-state index contributed by atoms with van der Waals surface area (Å²) in [4.78, 5) is 28.5. The number of likely N-dealkylation sites (tertiary alicyclic amines) is 1. The Bertz CT molecular complexity index is 904. The van der Waals surface area contributed by atoms with Crippen LogP contribution in [0.15, 0.2) is 54.6 Å². The normalized spacial score (nSPS) is 23.9. The number of fused-ring (bicyclic) bond motifs is 1. The number of carbonyl (C=O) groups is 2. The summed E-state index contributed by atoms with van der Waals surface area (Å²) < 4.78 is 5.38. The third-order valence-corrected chi connectivity index (χ3v) is 6.04. The molecule has 2 amide bonds. The summed E-state index contributed by atoms with van der Waals surface area (Å²) >= 11 is 0. The molecular formula is C23H28N4O3. The van der Waals surface area contributed by atoms with Crippen LogP contribution >= 0.6 is 0 Å². The average molecular weight is 409 g/mol. The molecule has 0 spiro atoms. The van der Waals surface area contributed by atoms with Crippen molar-refractivity contribution < 1.29 is 14.3 Å². The number of hydrazine groups is 1. The molecule has 7 nitrogen and oxygen atoms in total. The van der Waals surface area contributed by atoms with Gasteiger partial charge < -0.3 is 15.0 Å². The minimum Gasteiger partial charge on any atom is -0.496 e. The van der Waals surface area contributed by atoms with Gasteiger partial charge in [0.2, 0.25) is 11.8 Å². The molecule has 30 heavy (non-hydrogen) atoms. The Balaban J connectivity index is 1.51. The predicted molar refractivity (Wildman–Crippen MR) is 115 cm³/mol. The lowest BCUT2D eigenvalue weighted by molar-refractivity contribution is -0.129. The Morgan fingerprint density at radius 2 is 1.87 bits per heavy atom. The molecule has 0 bridgehead atoms. The van der Waals surface area contributed by atoms with Crippen LogP contribution in [0.25, 0.3) is 0 Å². The number of piperidine rings is 1. The van der Waals surface area contributed by atoms with E-state index in [0.717, 1.165) is 23.5 Å². The molecule has 2 saturated heterocycles. The van der Waals surface area contributed by atoms with Gasteiger partial charge in [-0.1, -0.05) is 43.3 Å². The van der Waals surface area contributed by atoms with Crippen molar-refractivity contribution in [3.8, 4) is 5.75 Å². The maximum absolute atomic E-state index is 13.2. The van der Waals surface area contributed by atoms with E-state index in [4.69, 9.17) is 4.74 Å². The van der Waals surface area contributed by atoms with E-state index >= 15 is 0 Å². The van der Waals surface area contributed by atoms with Crippen molar-refractivity contribution in [2.75, 3.05) is 31.8 Å². The minimum absolute atomic E-state index is 0.0203. The van der Waals surface area contributed by atoms with Crippen molar-refractivity contribution in [1.82, 2.24) is 15.6 Å². The van der Waals surface area contributed by atoms with E-state index in [1.807, 2.05) is 54.6 Å². The second-order valence-electron chi connectivity index (χ2n) is 7.76. The first-order valence-electron chi connectivity index (χ1n) is 10.4. The number of amides is 2. The number of hydrogen-bond donors (Lipinski definition) is 2. The Kier molecular flexibility index (Phi) is 6.01. The maximum atomic E-state index is 13.2. The number of benzene rings is 2. The van der Waals surface area contributed by atoms with Crippen LogP contribution in [0.1, 0.15) is 12.5 Å². The van der Waals surface area contributed by atoms with E-state index in [-0.39, 0.29) is 29.7 Å². The van der Waals surface area contributed by atoms with Crippen LogP contribution in [0, 0.1) is 11.8 Å². The van der Waals surface area contributed by atoms with E-state index in [1.165, 1.54) is 0 Å². The smallest absolute Gasteiger partial charge is 0.247 e. The Morgan fingerprint density at radius 3 is 2.60 bits per heavy atom. The quantitative estimate of drug-likeness (QED) is 0.763. The number of para-hydroxylation sites is 2. The molecule has 0 aromatic heterocycles. The molecule has 7 heteroatoms. The number of anilines is 1. The van der Waals surface area contributed by atoms with Crippen LogP contribution in [0.2, 0.25) is 0 Å². The Labute approximate surface area is 177 Å². The number of nitrogens with one attached hydrogen (secondary N) is 2. The summed E-state index contributed by atoms with van der Waals surface area (Å²) in [6.45, 7) is 4.54. The first-order chi connectivity index (χ1) is 14.6.